The number of aromatic nitrogens is 2. The number of aryl methyl sites for hydroxylation is 1. The molecule has 49 heavy (non-hydrogen) atoms. The summed E-state index contributed by atoms with van der Waals surface area (Å²) in [4.78, 5) is 0. The molecular weight excluding hydrogens is 591 g/mol. The van der Waals surface area contributed by atoms with E-state index in [1.165, 1.54) is 106 Å². The zero-order valence-electron chi connectivity index (χ0n) is 29.5. The fourth-order valence-electron chi connectivity index (χ4n) is 9.97. The maximum absolute atomic E-state index is 2.77. The van der Waals surface area contributed by atoms with Crippen LogP contribution in [0.5, 0.6) is 0 Å². The highest BCUT2D eigenvalue weighted by atomic mass is 15.0. The van der Waals surface area contributed by atoms with Gasteiger partial charge < -0.3 is 9.05 Å². The first-order valence-electron chi connectivity index (χ1n) is 18.4. The maximum Gasteiger partial charge on any atom is 0.333 e. The normalized spacial score (nSPS) is 15.2. The molecule has 4 heterocycles. The van der Waals surface area contributed by atoms with Gasteiger partial charge in [0.25, 0.3) is 0 Å². The molecule has 1 aliphatic carbocycles. The van der Waals surface area contributed by atoms with Crippen molar-refractivity contribution in [2.75, 3.05) is 0 Å². The predicted octanol–water partition coefficient (Wildman–Crippen LogP) is 10.5. The van der Waals surface area contributed by atoms with Gasteiger partial charge in [0.05, 0.1) is 11.0 Å². The highest BCUT2D eigenvalue weighted by Crippen LogP contribution is 2.48. The van der Waals surface area contributed by atoms with Crippen LogP contribution >= 0.6 is 0 Å². The molecule has 0 saturated heterocycles. The Hall–Kier alpha value is -4.76. The zero-order valence-corrected chi connectivity index (χ0v) is 29.5. The van der Waals surface area contributed by atoms with Gasteiger partial charge in [-0.25, -0.2) is 0 Å². The summed E-state index contributed by atoms with van der Waals surface area (Å²) >= 11 is 0. The van der Waals surface area contributed by atoms with Crippen LogP contribution in [0.15, 0.2) is 91.0 Å². The van der Waals surface area contributed by atoms with Crippen LogP contribution in [0.25, 0.3) is 71.2 Å². The summed E-state index contributed by atoms with van der Waals surface area (Å²) in [5.41, 5.74) is 18.8. The van der Waals surface area contributed by atoms with Crippen LogP contribution in [-0.2, 0) is 23.7 Å². The van der Waals surface area contributed by atoms with Crippen LogP contribution in [-0.4, -0.2) is 15.9 Å². The van der Waals surface area contributed by atoms with Crippen LogP contribution in [0, 0.1) is 0 Å². The van der Waals surface area contributed by atoms with Crippen molar-refractivity contribution in [1.29, 1.82) is 0 Å². The van der Waals surface area contributed by atoms with Gasteiger partial charge in [-0.05, 0) is 122 Å². The number of hydrogen-bond donors (Lipinski definition) is 0. The average molecular weight is 633 g/mol. The highest BCUT2D eigenvalue weighted by molar-refractivity contribution is 6.90. The molecule has 238 valence electrons. The predicted molar refractivity (Wildman–Crippen MR) is 211 cm³/mol. The lowest BCUT2D eigenvalue weighted by molar-refractivity contribution is 0.590. The van der Waals surface area contributed by atoms with Crippen molar-refractivity contribution in [2.45, 2.75) is 78.1 Å². The van der Waals surface area contributed by atoms with Gasteiger partial charge in [0.15, 0.2) is 0 Å². The van der Waals surface area contributed by atoms with Crippen molar-refractivity contribution in [2.24, 2.45) is 0 Å². The lowest BCUT2D eigenvalue weighted by atomic mass is 9.45. The van der Waals surface area contributed by atoms with E-state index in [2.05, 4.69) is 142 Å². The average Bonchev–Trinajstić information content (AvgIpc) is 3.61. The number of rotatable bonds is 0. The van der Waals surface area contributed by atoms with Gasteiger partial charge in [-0.1, -0.05) is 96.1 Å². The molecule has 0 unspecified atom stereocenters. The molecule has 0 bridgehead atoms. The van der Waals surface area contributed by atoms with Crippen molar-refractivity contribution in [3.05, 3.63) is 113 Å². The lowest BCUT2D eigenvalue weighted by Crippen LogP contribution is -2.55. The Morgan fingerprint density at radius 3 is 2.16 bits per heavy atom. The van der Waals surface area contributed by atoms with E-state index in [-0.39, 0.29) is 17.7 Å². The van der Waals surface area contributed by atoms with E-state index in [4.69, 9.17) is 0 Å². The van der Waals surface area contributed by atoms with E-state index in [0.717, 1.165) is 12.8 Å². The topological polar surface area (TPSA) is 9.86 Å². The van der Waals surface area contributed by atoms with E-state index in [9.17, 15) is 0 Å². The van der Waals surface area contributed by atoms with E-state index in [1.54, 1.807) is 11.1 Å². The van der Waals surface area contributed by atoms with Gasteiger partial charge in [0.2, 0.25) is 0 Å². The van der Waals surface area contributed by atoms with Crippen molar-refractivity contribution in [3.8, 4) is 16.8 Å². The van der Waals surface area contributed by atoms with Crippen molar-refractivity contribution in [3.63, 3.8) is 0 Å². The molecule has 0 N–H and O–H groups in total. The maximum atomic E-state index is 2.77. The van der Waals surface area contributed by atoms with Crippen LogP contribution in [0.2, 0.25) is 0 Å². The molecule has 0 fully saturated rings. The third-order valence-electron chi connectivity index (χ3n) is 12.3. The summed E-state index contributed by atoms with van der Waals surface area (Å²) in [7, 11) is 0. The standard InChI is InChI=1S/C46H41BN2/c1-45(2,3)28-19-20-38-33(23-28)34-24-29(46(4,5)6)25-35-40-30-15-9-8-14-27(30)22-39-42(40)47(49(38)43(34)35)36-21-26-13-7-10-16-31(26)41-32-17-11-12-18-37(32)48(39)44(36)41/h7,10-13,16-25H,8-9,14-15H2,1-6H3. The first-order chi connectivity index (χ1) is 23.6. The second kappa shape index (κ2) is 9.07. The minimum absolute atomic E-state index is 0.0286. The molecule has 3 heteroatoms. The number of nitrogens with zero attached hydrogens (tertiary/aromatic N) is 2. The quantitative estimate of drug-likeness (QED) is 0.147. The molecule has 0 atom stereocenters. The fourth-order valence-corrected chi connectivity index (χ4v) is 9.97. The minimum atomic E-state index is 0.0286. The van der Waals surface area contributed by atoms with E-state index in [0.29, 0.717) is 0 Å². The summed E-state index contributed by atoms with van der Waals surface area (Å²) < 4.78 is 5.43. The molecule has 3 aliphatic rings. The van der Waals surface area contributed by atoms with Gasteiger partial charge in [-0.2, -0.15) is 0 Å². The molecule has 2 aliphatic heterocycles. The SMILES string of the molecule is CC(C)(C)c1ccc2c(c1)c1cc(C(C)(C)C)cc3c1n2B1c2c(cc4c(c2-3)CCCC4)-n2c3ccccc3c3c4ccccc4cc1c32. The molecule has 0 radical (unpaired) electrons. The summed E-state index contributed by atoms with van der Waals surface area (Å²) in [6.07, 6.45) is 4.85. The number of hydrogen-bond acceptors (Lipinski definition) is 0. The summed E-state index contributed by atoms with van der Waals surface area (Å²) in [6, 6.07) is 35.9. The molecule has 2 aromatic heterocycles. The van der Waals surface area contributed by atoms with Gasteiger partial charge in [0, 0.05) is 43.8 Å². The number of para-hydroxylation sites is 1. The van der Waals surface area contributed by atoms with E-state index < -0.39 is 0 Å². The Bertz CT molecular complexity index is 2790. The summed E-state index contributed by atoms with van der Waals surface area (Å²) in [6.45, 7) is 14.3. The fraction of sp³-hybridized carbons (Fsp3) is 0.261. The first-order valence-corrected chi connectivity index (χ1v) is 18.4. The first kappa shape index (κ1) is 28.1. The molecular formula is C46H41BN2. The van der Waals surface area contributed by atoms with Crippen molar-refractivity contribution < 1.29 is 0 Å². The molecule has 2 nitrogen and oxygen atoms in total. The van der Waals surface area contributed by atoms with Gasteiger partial charge >= 0.3 is 6.85 Å². The summed E-state index contributed by atoms with van der Waals surface area (Å²) in [5.74, 6) is 0. The zero-order chi connectivity index (χ0) is 33.1. The number of fused-ring (bicyclic) bond motifs is 14. The second-order valence-electron chi connectivity index (χ2n) is 17.2. The third-order valence-corrected chi connectivity index (χ3v) is 12.3. The molecule has 8 aromatic rings. The number of benzene rings is 6. The Labute approximate surface area is 288 Å². The molecule has 0 spiro atoms. The largest absolute Gasteiger partial charge is 0.375 e. The van der Waals surface area contributed by atoms with Crippen LogP contribution < -0.4 is 10.9 Å². The van der Waals surface area contributed by atoms with Crippen molar-refractivity contribution >= 4 is 72.2 Å². The van der Waals surface area contributed by atoms with E-state index in [1.807, 2.05) is 0 Å². The minimum Gasteiger partial charge on any atom is -0.375 e. The van der Waals surface area contributed by atoms with Gasteiger partial charge in [-0.15, -0.1) is 0 Å². The molecule has 11 rings (SSSR count). The third kappa shape index (κ3) is 3.49. The van der Waals surface area contributed by atoms with Crippen LogP contribution in [0.4, 0.5) is 0 Å². The van der Waals surface area contributed by atoms with E-state index >= 15 is 0 Å². The Kier molecular flexibility index (Phi) is 5.20. The summed E-state index contributed by atoms with van der Waals surface area (Å²) in [5, 5.41) is 8.22. The van der Waals surface area contributed by atoms with Crippen LogP contribution in [0.3, 0.4) is 0 Å². The van der Waals surface area contributed by atoms with Gasteiger partial charge in [-0.3, -0.25) is 0 Å². The Morgan fingerprint density at radius 1 is 0.612 bits per heavy atom. The lowest BCUT2D eigenvalue weighted by Gasteiger charge is -2.37. The van der Waals surface area contributed by atoms with Crippen molar-refractivity contribution in [1.82, 2.24) is 9.05 Å². The monoisotopic (exact) mass is 632 g/mol. The van der Waals surface area contributed by atoms with Crippen LogP contribution in [0.1, 0.15) is 76.6 Å². The Morgan fingerprint density at radius 2 is 1.35 bits per heavy atom. The highest BCUT2D eigenvalue weighted by Gasteiger charge is 2.44. The second-order valence-corrected chi connectivity index (χ2v) is 17.2. The smallest absolute Gasteiger partial charge is 0.333 e. The van der Waals surface area contributed by atoms with Gasteiger partial charge in [0.1, 0.15) is 0 Å². The molecule has 0 saturated carbocycles. The Balaban J connectivity index is 1.42. The molecule has 6 aromatic carbocycles. The molecule has 0 amide bonds.